The van der Waals surface area contributed by atoms with Crippen molar-refractivity contribution >= 4 is 5.91 Å². The predicted molar refractivity (Wildman–Crippen MR) is 119 cm³/mol. The number of carbonyl (C=O) groups is 1. The minimum absolute atomic E-state index is 0.0950. The van der Waals surface area contributed by atoms with E-state index in [2.05, 4.69) is 20.2 Å². The minimum Gasteiger partial charge on any atom is -0.350 e. The fourth-order valence-electron chi connectivity index (χ4n) is 7.49. The highest BCUT2D eigenvalue weighted by Gasteiger charge is 2.50. The molecule has 2 heterocycles. The van der Waals surface area contributed by atoms with Gasteiger partial charge in [-0.15, -0.1) is 0 Å². The number of nitrogens with zero attached hydrogens (tertiary/aromatic N) is 3. The van der Waals surface area contributed by atoms with Gasteiger partial charge in [-0.2, -0.15) is 0 Å². The van der Waals surface area contributed by atoms with Crippen LogP contribution in [0.1, 0.15) is 65.8 Å². The molecule has 4 saturated carbocycles. The summed E-state index contributed by atoms with van der Waals surface area (Å²) in [5, 5.41) is 3.24. The number of fused-ring (bicyclic) bond motifs is 1. The Kier molecular flexibility index (Phi) is 5.20. The molecule has 0 atom stereocenters. The number of amides is 1. The number of carbonyl (C=O) groups excluding carboxylic acids is 1. The third-order valence-corrected chi connectivity index (χ3v) is 8.50. The molecule has 1 N–H and O–H groups in total. The van der Waals surface area contributed by atoms with Crippen molar-refractivity contribution in [3.8, 4) is 0 Å². The fourth-order valence-corrected chi connectivity index (χ4v) is 7.49. The smallest absolute Gasteiger partial charge is 0.270 e. The van der Waals surface area contributed by atoms with Crippen LogP contribution in [-0.2, 0) is 19.5 Å². The third-order valence-electron chi connectivity index (χ3n) is 8.50. The van der Waals surface area contributed by atoms with Crippen molar-refractivity contribution in [2.45, 2.75) is 58.0 Å². The summed E-state index contributed by atoms with van der Waals surface area (Å²) in [7, 11) is 0. The number of aromatic nitrogens is 2. The highest BCUT2D eigenvalue weighted by molar-refractivity contribution is 5.94. The molecule has 2 aromatic rings. The van der Waals surface area contributed by atoms with Crippen LogP contribution in [0.15, 0.2) is 24.5 Å². The summed E-state index contributed by atoms with van der Waals surface area (Å²) in [4.78, 5) is 24.0. The zero-order valence-corrected chi connectivity index (χ0v) is 18.8. The Bertz CT molecular complexity index is 1050. The van der Waals surface area contributed by atoms with Gasteiger partial charge in [-0.1, -0.05) is 6.07 Å². The topological polar surface area (TPSA) is 58.1 Å². The number of hydrogen-bond acceptors (Lipinski definition) is 4. The Morgan fingerprint density at radius 2 is 1.82 bits per heavy atom. The first-order valence-electron chi connectivity index (χ1n) is 12.2. The van der Waals surface area contributed by atoms with Gasteiger partial charge >= 0.3 is 0 Å². The molecule has 1 aliphatic heterocycles. The van der Waals surface area contributed by atoms with Gasteiger partial charge < -0.3 is 5.32 Å². The van der Waals surface area contributed by atoms with Crippen molar-refractivity contribution < 1.29 is 13.6 Å². The molecule has 1 aromatic heterocycles. The quantitative estimate of drug-likeness (QED) is 0.737. The van der Waals surface area contributed by atoms with Gasteiger partial charge in [0.2, 0.25) is 0 Å². The number of hydrogen-bond donors (Lipinski definition) is 1. The average molecular weight is 453 g/mol. The van der Waals surface area contributed by atoms with E-state index in [9.17, 15) is 13.6 Å². The van der Waals surface area contributed by atoms with Crippen LogP contribution in [0.2, 0.25) is 0 Å². The molecule has 174 valence electrons. The molecule has 5 nitrogen and oxygen atoms in total. The van der Waals surface area contributed by atoms with E-state index in [4.69, 9.17) is 0 Å². The Morgan fingerprint density at radius 3 is 2.52 bits per heavy atom. The Labute approximate surface area is 193 Å². The van der Waals surface area contributed by atoms with Gasteiger partial charge in [-0.05, 0) is 74.2 Å². The van der Waals surface area contributed by atoms with Crippen molar-refractivity contribution in [3.63, 3.8) is 0 Å². The zero-order chi connectivity index (χ0) is 22.6. The molecule has 5 aliphatic rings. The van der Waals surface area contributed by atoms with Crippen LogP contribution in [0.25, 0.3) is 0 Å². The molecule has 0 radical (unpaired) electrons. The Balaban J connectivity index is 1.13. The normalized spacial score (nSPS) is 30.3. The van der Waals surface area contributed by atoms with Crippen LogP contribution < -0.4 is 5.32 Å². The van der Waals surface area contributed by atoms with Gasteiger partial charge in [0.05, 0.1) is 5.69 Å². The molecule has 0 spiro atoms. The Hall–Kier alpha value is -2.41. The molecule has 1 aromatic carbocycles. The largest absolute Gasteiger partial charge is 0.350 e. The zero-order valence-electron chi connectivity index (χ0n) is 18.8. The second kappa shape index (κ2) is 8.12. The number of rotatable bonds is 5. The van der Waals surface area contributed by atoms with E-state index in [-0.39, 0.29) is 11.3 Å². The summed E-state index contributed by atoms with van der Waals surface area (Å²) in [6.45, 7) is 2.32. The van der Waals surface area contributed by atoms with Gasteiger partial charge in [-0.25, -0.2) is 18.7 Å². The average Bonchev–Trinajstić information content (AvgIpc) is 2.78. The molecular weight excluding hydrogens is 422 g/mol. The van der Waals surface area contributed by atoms with E-state index in [1.165, 1.54) is 57.0 Å². The molecule has 4 aliphatic carbocycles. The van der Waals surface area contributed by atoms with Crippen LogP contribution in [0.5, 0.6) is 0 Å². The van der Waals surface area contributed by atoms with Gasteiger partial charge in [0.15, 0.2) is 0 Å². The summed E-state index contributed by atoms with van der Waals surface area (Å²) in [5.41, 5.74) is 2.95. The molecule has 0 unspecified atom stereocenters. The highest BCUT2D eigenvalue weighted by atomic mass is 19.1. The molecule has 1 amide bonds. The maximum Gasteiger partial charge on any atom is 0.270 e. The molecule has 7 heteroatoms. The maximum absolute atomic E-state index is 14.1. The lowest BCUT2D eigenvalue weighted by atomic mass is 9.49. The van der Waals surface area contributed by atoms with Gasteiger partial charge in [0.25, 0.3) is 5.91 Å². The van der Waals surface area contributed by atoms with Crippen LogP contribution in [0.3, 0.4) is 0 Å². The summed E-state index contributed by atoms with van der Waals surface area (Å²) >= 11 is 0. The fraction of sp³-hybridized carbons (Fsp3) is 0.577. The first kappa shape index (κ1) is 21.1. The molecule has 7 rings (SSSR count). The van der Waals surface area contributed by atoms with E-state index in [1.54, 1.807) is 0 Å². The van der Waals surface area contributed by atoms with Crippen molar-refractivity contribution in [2.75, 3.05) is 13.1 Å². The molecule has 33 heavy (non-hydrogen) atoms. The van der Waals surface area contributed by atoms with Gasteiger partial charge in [0.1, 0.15) is 23.7 Å². The van der Waals surface area contributed by atoms with Crippen LogP contribution >= 0.6 is 0 Å². The lowest BCUT2D eigenvalue weighted by Crippen LogP contribution is -2.51. The summed E-state index contributed by atoms with van der Waals surface area (Å²) < 4.78 is 27.3. The van der Waals surface area contributed by atoms with E-state index in [0.717, 1.165) is 41.6 Å². The van der Waals surface area contributed by atoms with Crippen LogP contribution in [-0.4, -0.2) is 33.9 Å². The highest BCUT2D eigenvalue weighted by Crippen LogP contribution is 2.59. The minimum atomic E-state index is -0.572. The third kappa shape index (κ3) is 4.05. The number of benzene rings is 1. The van der Waals surface area contributed by atoms with Crippen molar-refractivity contribution in [1.29, 1.82) is 0 Å². The number of nitrogens with one attached hydrogen (secondary N) is 1. The van der Waals surface area contributed by atoms with Crippen LogP contribution in [0.4, 0.5) is 8.78 Å². The summed E-state index contributed by atoms with van der Waals surface area (Å²) in [6, 6.07) is 3.69. The standard InChI is InChI=1S/C26H30F2N4O/c27-20-2-1-19(22(28)8-20)12-32-4-3-21-23(13-32)30-15-31-24(21)25(33)29-14-26-9-16-5-17(10-26)7-18(6-16)11-26/h1-2,8,15-18H,3-7,9-14H2,(H,29,33). The molecular formula is C26H30F2N4O. The summed E-state index contributed by atoms with van der Waals surface area (Å²) in [6.07, 6.45) is 10.1. The second-order valence-corrected chi connectivity index (χ2v) is 10.9. The second-order valence-electron chi connectivity index (χ2n) is 10.9. The summed E-state index contributed by atoms with van der Waals surface area (Å²) in [5.74, 6) is 1.37. The first-order chi connectivity index (χ1) is 16.0. The van der Waals surface area contributed by atoms with Gasteiger partial charge in [-0.3, -0.25) is 9.69 Å². The van der Waals surface area contributed by atoms with Crippen LogP contribution in [0, 0.1) is 34.8 Å². The Morgan fingerprint density at radius 1 is 1.09 bits per heavy atom. The molecule has 4 bridgehead atoms. The van der Waals surface area contributed by atoms with Crippen molar-refractivity contribution in [3.05, 3.63) is 58.7 Å². The van der Waals surface area contributed by atoms with Crippen molar-refractivity contribution in [1.82, 2.24) is 20.2 Å². The van der Waals surface area contributed by atoms with Crippen molar-refractivity contribution in [2.24, 2.45) is 23.2 Å². The number of halogens is 2. The lowest BCUT2D eigenvalue weighted by Gasteiger charge is -2.56. The first-order valence-corrected chi connectivity index (χ1v) is 12.2. The molecule has 4 fully saturated rings. The van der Waals surface area contributed by atoms with E-state index in [0.29, 0.717) is 37.3 Å². The van der Waals surface area contributed by atoms with E-state index < -0.39 is 11.6 Å². The monoisotopic (exact) mass is 452 g/mol. The lowest BCUT2D eigenvalue weighted by molar-refractivity contribution is -0.0503. The van der Waals surface area contributed by atoms with E-state index in [1.807, 2.05) is 0 Å². The SMILES string of the molecule is O=C(NCC12CC3CC(CC(C3)C1)C2)c1ncnc2c1CCN(Cc1ccc(F)cc1F)C2. The van der Waals surface area contributed by atoms with E-state index >= 15 is 0 Å². The maximum atomic E-state index is 14.1. The predicted octanol–water partition coefficient (Wildman–Crippen LogP) is 4.26. The molecule has 0 saturated heterocycles. The van der Waals surface area contributed by atoms with Gasteiger partial charge in [0, 0.05) is 43.4 Å².